The Balaban J connectivity index is 1.34. The predicted octanol–water partition coefficient (Wildman–Crippen LogP) is 2.52. The number of hydrogen-bond acceptors (Lipinski definition) is 5. The predicted molar refractivity (Wildman–Crippen MR) is 113 cm³/mol. The van der Waals surface area contributed by atoms with Crippen LogP contribution in [-0.4, -0.2) is 41.7 Å². The maximum atomic E-state index is 13.3. The first-order valence-corrected chi connectivity index (χ1v) is 10.2. The van der Waals surface area contributed by atoms with E-state index in [2.05, 4.69) is 15.5 Å². The molecule has 0 aliphatic carbocycles. The van der Waals surface area contributed by atoms with E-state index in [1.165, 1.54) is 17.0 Å². The van der Waals surface area contributed by atoms with Gasteiger partial charge in [0.2, 0.25) is 0 Å². The normalized spacial score (nSPS) is 20.1. The number of carbonyl (C=O) groups excluding carboxylic acids is 2. The lowest BCUT2D eigenvalue weighted by atomic mass is 9.97. The number of nitrogens with one attached hydrogen (secondary N) is 2. The standard InChI is InChI=1S/C23H21FN4O4/c1-28-18-4-2-3-5-19(18)31-12-17(23(28)30)25-22(29)21-15-10-20(32-11-16(15)26-27-21)13-6-8-14(24)9-7-13/h2-9,17,20H,10-12H2,1H3,(H,25,29)(H,26,27)/t17-,20?/m0/s1. The van der Waals surface area contributed by atoms with Crippen LogP contribution in [0.1, 0.15) is 33.4 Å². The zero-order valence-electron chi connectivity index (χ0n) is 17.3. The lowest BCUT2D eigenvalue weighted by Crippen LogP contribution is -2.49. The first-order valence-electron chi connectivity index (χ1n) is 10.2. The van der Waals surface area contributed by atoms with E-state index < -0.39 is 11.9 Å². The number of ether oxygens (including phenoxy) is 2. The van der Waals surface area contributed by atoms with Crippen LogP contribution in [0.5, 0.6) is 5.75 Å². The summed E-state index contributed by atoms with van der Waals surface area (Å²) in [7, 11) is 1.65. The minimum atomic E-state index is -0.861. The molecule has 0 fully saturated rings. The molecule has 2 aliphatic heterocycles. The summed E-state index contributed by atoms with van der Waals surface area (Å²) in [5, 5.41) is 9.78. The zero-order chi connectivity index (χ0) is 22.2. The number of amides is 2. The summed E-state index contributed by atoms with van der Waals surface area (Å²) < 4.78 is 24.9. The number of carbonyl (C=O) groups is 2. The molecule has 0 bridgehead atoms. The Bertz CT molecular complexity index is 1180. The summed E-state index contributed by atoms with van der Waals surface area (Å²) in [5.74, 6) is -0.489. The number of para-hydroxylation sites is 2. The van der Waals surface area contributed by atoms with Gasteiger partial charge in [-0.05, 0) is 29.8 Å². The third kappa shape index (κ3) is 3.60. The molecule has 2 amide bonds. The number of fused-ring (bicyclic) bond motifs is 2. The summed E-state index contributed by atoms with van der Waals surface area (Å²) in [4.78, 5) is 27.5. The van der Waals surface area contributed by atoms with E-state index in [0.29, 0.717) is 23.6 Å². The number of likely N-dealkylation sites (N-methyl/N-ethyl adjacent to an activating group) is 1. The van der Waals surface area contributed by atoms with Crippen molar-refractivity contribution in [2.75, 3.05) is 18.6 Å². The maximum Gasteiger partial charge on any atom is 0.272 e. The van der Waals surface area contributed by atoms with Crippen molar-refractivity contribution in [2.24, 2.45) is 0 Å². The SMILES string of the molecule is CN1C(=O)[C@@H](NC(=O)c2n[nH]c3c2CC(c2ccc(F)cc2)OC3)COc2ccccc21. The summed E-state index contributed by atoms with van der Waals surface area (Å²) in [6.45, 7) is 0.265. The second-order valence-corrected chi connectivity index (χ2v) is 7.79. The fraction of sp³-hybridized carbons (Fsp3) is 0.261. The monoisotopic (exact) mass is 436 g/mol. The van der Waals surface area contributed by atoms with Crippen LogP contribution in [0.2, 0.25) is 0 Å². The molecule has 0 radical (unpaired) electrons. The van der Waals surface area contributed by atoms with Gasteiger partial charge in [0, 0.05) is 19.0 Å². The topological polar surface area (TPSA) is 96.6 Å². The van der Waals surface area contributed by atoms with Crippen LogP contribution >= 0.6 is 0 Å². The minimum Gasteiger partial charge on any atom is -0.489 e. The first-order chi connectivity index (χ1) is 15.5. The van der Waals surface area contributed by atoms with Crippen molar-refractivity contribution < 1.29 is 23.5 Å². The van der Waals surface area contributed by atoms with Crippen molar-refractivity contribution in [3.63, 3.8) is 0 Å². The lowest BCUT2D eigenvalue weighted by molar-refractivity contribution is -0.120. The molecule has 0 spiro atoms. The van der Waals surface area contributed by atoms with Gasteiger partial charge in [0.1, 0.15) is 24.2 Å². The van der Waals surface area contributed by atoms with E-state index in [4.69, 9.17) is 9.47 Å². The van der Waals surface area contributed by atoms with Gasteiger partial charge in [0.25, 0.3) is 11.8 Å². The average Bonchev–Trinajstić information content (AvgIpc) is 3.20. The number of nitrogens with zero attached hydrogens (tertiary/aromatic N) is 2. The number of benzene rings is 2. The van der Waals surface area contributed by atoms with Gasteiger partial charge in [-0.15, -0.1) is 0 Å². The van der Waals surface area contributed by atoms with Crippen molar-refractivity contribution in [3.05, 3.63) is 76.9 Å². The van der Waals surface area contributed by atoms with Gasteiger partial charge < -0.3 is 19.7 Å². The number of aromatic nitrogens is 2. The fourth-order valence-electron chi connectivity index (χ4n) is 4.03. The fourth-order valence-corrected chi connectivity index (χ4v) is 4.03. The molecular weight excluding hydrogens is 415 g/mol. The largest absolute Gasteiger partial charge is 0.489 e. The Labute approximate surface area is 183 Å². The van der Waals surface area contributed by atoms with Gasteiger partial charge in [-0.1, -0.05) is 24.3 Å². The Morgan fingerprint density at radius 1 is 1.22 bits per heavy atom. The van der Waals surface area contributed by atoms with Gasteiger partial charge >= 0.3 is 0 Å². The van der Waals surface area contributed by atoms with E-state index in [1.54, 1.807) is 31.3 Å². The summed E-state index contributed by atoms with van der Waals surface area (Å²) in [6.07, 6.45) is 0.0800. The Kier molecular flexibility index (Phi) is 5.10. The van der Waals surface area contributed by atoms with Crippen LogP contribution < -0.4 is 15.0 Å². The van der Waals surface area contributed by atoms with Gasteiger partial charge in [0.15, 0.2) is 5.69 Å². The highest BCUT2D eigenvalue weighted by atomic mass is 19.1. The van der Waals surface area contributed by atoms with E-state index in [1.807, 2.05) is 12.1 Å². The quantitative estimate of drug-likeness (QED) is 0.658. The van der Waals surface area contributed by atoms with E-state index >= 15 is 0 Å². The van der Waals surface area contributed by atoms with Crippen molar-refractivity contribution in [1.82, 2.24) is 15.5 Å². The van der Waals surface area contributed by atoms with Crippen molar-refractivity contribution in [3.8, 4) is 5.75 Å². The van der Waals surface area contributed by atoms with E-state index in [0.717, 1.165) is 11.1 Å². The third-order valence-corrected chi connectivity index (χ3v) is 5.79. The molecule has 164 valence electrons. The smallest absolute Gasteiger partial charge is 0.272 e. The van der Waals surface area contributed by atoms with E-state index in [9.17, 15) is 14.0 Å². The van der Waals surface area contributed by atoms with Gasteiger partial charge in [-0.2, -0.15) is 5.10 Å². The number of halogens is 1. The number of aromatic amines is 1. The molecule has 3 heterocycles. The molecule has 2 atom stereocenters. The molecule has 32 heavy (non-hydrogen) atoms. The molecule has 9 heteroatoms. The van der Waals surface area contributed by atoms with Crippen LogP contribution in [0.3, 0.4) is 0 Å². The second-order valence-electron chi connectivity index (χ2n) is 7.79. The maximum absolute atomic E-state index is 13.3. The van der Waals surface area contributed by atoms with Crippen LogP contribution in [0.15, 0.2) is 48.5 Å². The average molecular weight is 436 g/mol. The Hall–Kier alpha value is -3.72. The molecule has 0 saturated heterocycles. The number of anilines is 1. The molecule has 1 unspecified atom stereocenters. The lowest BCUT2D eigenvalue weighted by Gasteiger charge is -2.24. The highest BCUT2D eigenvalue weighted by molar-refractivity contribution is 6.03. The molecule has 2 aromatic carbocycles. The molecule has 5 rings (SSSR count). The van der Waals surface area contributed by atoms with Crippen LogP contribution in [0.4, 0.5) is 10.1 Å². The third-order valence-electron chi connectivity index (χ3n) is 5.79. The van der Waals surface area contributed by atoms with Gasteiger partial charge in [-0.25, -0.2) is 4.39 Å². The molecule has 2 N–H and O–H groups in total. The molecule has 0 saturated carbocycles. The molecule has 2 aliphatic rings. The van der Waals surface area contributed by atoms with Crippen molar-refractivity contribution in [2.45, 2.75) is 25.2 Å². The summed E-state index contributed by atoms with van der Waals surface area (Å²) in [5.41, 5.74) is 3.11. The zero-order valence-corrected chi connectivity index (χ0v) is 17.3. The van der Waals surface area contributed by atoms with E-state index in [-0.39, 0.29) is 36.7 Å². The Morgan fingerprint density at radius 2 is 2.00 bits per heavy atom. The number of hydrogen-bond donors (Lipinski definition) is 2. The number of H-pyrrole nitrogens is 1. The first kappa shape index (κ1) is 20.2. The van der Waals surface area contributed by atoms with Gasteiger partial charge in [-0.3, -0.25) is 14.7 Å². The van der Waals surface area contributed by atoms with Crippen LogP contribution in [0, 0.1) is 5.82 Å². The van der Waals surface area contributed by atoms with Gasteiger partial charge in [0.05, 0.1) is 24.1 Å². The summed E-state index contributed by atoms with van der Waals surface area (Å²) >= 11 is 0. The molecule has 1 aromatic heterocycles. The molecular formula is C23H21FN4O4. The molecule has 8 nitrogen and oxygen atoms in total. The molecule has 3 aromatic rings. The van der Waals surface area contributed by atoms with Crippen molar-refractivity contribution in [1.29, 1.82) is 0 Å². The highest BCUT2D eigenvalue weighted by Crippen LogP contribution is 2.32. The van der Waals surface area contributed by atoms with Crippen molar-refractivity contribution >= 4 is 17.5 Å². The van der Waals surface area contributed by atoms with Crippen LogP contribution in [0.25, 0.3) is 0 Å². The minimum absolute atomic E-state index is 0.0137. The second kappa shape index (κ2) is 8.08. The van der Waals surface area contributed by atoms with Crippen LogP contribution in [-0.2, 0) is 22.6 Å². The summed E-state index contributed by atoms with van der Waals surface area (Å²) in [6, 6.07) is 12.4. The number of rotatable bonds is 3. The Morgan fingerprint density at radius 3 is 2.81 bits per heavy atom. The highest BCUT2D eigenvalue weighted by Gasteiger charge is 2.33.